The normalized spacial score (nSPS) is 13.5. The Hall–Kier alpha value is -6.51. The Morgan fingerprint density at radius 2 is 1.00 bits per heavy atom. The van der Waals surface area contributed by atoms with Crippen molar-refractivity contribution >= 4 is 92.8 Å². The van der Waals surface area contributed by atoms with Gasteiger partial charge < -0.3 is 0 Å². The number of hydrogen-bond donors (Lipinski definition) is 0. The highest BCUT2D eigenvalue weighted by atomic mass is 15.1. The van der Waals surface area contributed by atoms with E-state index in [2.05, 4.69) is 175 Å². The third-order valence-electron chi connectivity index (χ3n) is 11.4. The summed E-state index contributed by atoms with van der Waals surface area (Å²) in [6, 6.07) is 60.3. The zero-order valence-electron chi connectivity index (χ0n) is 28.9. The quantitative estimate of drug-likeness (QED) is 0.164. The van der Waals surface area contributed by atoms with Crippen molar-refractivity contribution in [1.29, 1.82) is 0 Å². The van der Waals surface area contributed by atoms with Gasteiger partial charge in [-0.05, 0) is 79.2 Å². The van der Waals surface area contributed by atoms with Crippen LogP contribution in [0.2, 0.25) is 0 Å². The van der Waals surface area contributed by atoms with Crippen LogP contribution in [0.3, 0.4) is 0 Å². The van der Waals surface area contributed by atoms with E-state index in [1.165, 1.54) is 97.9 Å². The lowest BCUT2D eigenvalue weighted by Crippen LogP contribution is -2.15. The van der Waals surface area contributed by atoms with Crippen molar-refractivity contribution in [3.05, 3.63) is 180 Å². The molecule has 11 rings (SSSR count). The number of fused-ring (bicyclic) bond motifs is 15. The standard InChI is InChI=1S/C50H34N2/c1-2-31-30-35-25-24-33-15-7-9-19-37(33)49(35)51-50(45(31)34-16-4-3-5-17-34)52-43-28-26-32-14-6-8-18-36(32)47(43)48-44(52)29-27-42-40-22-11-10-20-38(40)39-21-12-13-23-41(39)46(42)48/h3-29H,2,30H2,1H3. The molecule has 244 valence electrons. The highest BCUT2D eigenvalue weighted by Gasteiger charge is 2.27. The second kappa shape index (κ2) is 11.2. The summed E-state index contributed by atoms with van der Waals surface area (Å²) < 4.78 is 2.50. The maximum absolute atomic E-state index is 5.86. The molecule has 2 heteroatoms. The molecule has 9 aromatic carbocycles. The highest BCUT2D eigenvalue weighted by Crippen LogP contribution is 2.46. The van der Waals surface area contributed by atoms with E-state index >= 15 is 0 Å². The van der Waals surface area contributed by atoms with Gasteiger partial charge in [0.05, 0.1) is 16.7 Å². The molecule has 0 aliphatic carbocycles. The van der Waals surface area contributed by atoms with Gasteiger partial charge in [-0.2, -0.15) is 0 Å². The lowest BCUT2D eigenvalue weighted by atomic mass is 9.91. The van der Waals surface area contributed by atoms with Crippen molar-refractivity contribution in [3.8, 4) is 0 Å². The summed E-state index contributed by atoms with van der Waals surface area (Å²) in [6.45, 7) is 2.30. The van der Waals surface area contributed by atoms with Crippen LogP contribution in [-0.4, -0.2) is 10.4 Å². The smallest absolute Gasteiger partial charge is 0.146 e. The maximum Gasteiger partial charge on any atom is 0.146 e. The minimum Gasteiger partial charge on any atom is -0.293 e. The Bertz CT molecular complexity index is 3140. The number of rotatable bonds is 2. The van der Waals surface area contributed by atoms with E-state index in [1.54, 1.807) is 0 Å². The van der Waals surface area contributed by atoms with Crippen LogP contribution in [0.4, 0.5) is 5.69 Å². The van der Waals surface area contributed by atoms with E-state index in [0.717, 1.165) is 24.4 Å². The molecule has 0 unspecified atom stereocenters. The van der Waals surface area contributed by atoms with E-state index < -0.39 is 0 Å². The fourth-order valence-corrected chi connectivity index (χ4v) is 9.11. The molecule has 0 fully saturated rings. The summed E-state index contributed by atoms with van der Waals surface area (Å²) in [5, 5.41) is 15.2. The average Bonchev–Trinajstić information content (AvgIpc) is 3.45. The third kappa shape index (κ3) is 4.09. The predicted octanol–water partition coefficient (Wildman–Crippen LogP) is 13.6. The first-order valence-electron chi connectivity index (χ1n) is 18.3. The van der Waals surface area contributed by atoms with Crippen LogP contribution in [0.5, 0.6) is 0 Å². The van der Waals surface area contributed by atoms with Gasteiger partial charge in [0.2, 0.25) is 0 Å². The summed E-state index contributed by atoms with van der Waals surface area (Å²) in [7, 11) is 0. The number of aliphatic imine (C=N–C) groups is 1. The molecule has 1 aliphatic rings. The summed E-state index contributed by atoms with van der Waals surface area (Å²) in [4.78, 5) is 5.86. The van der Waals surface area contributed by atoms with Gasteiger partial charge in [-0.25, -0.2) is 4.99 Å². The van der Waals surface area contributed by atoms with E-state index in [-0.39, 0.29) is 0 Å². The van der Waals surface area contributed by atoms with E-state index in [0.29, 0.717) is 0 Å². The van der Waals surface area contributed by atoms with Gasteiger partial charge in [-0.15, -0.1) is 0 Å². The second-order valence-corrected chi connectivity index (χ2v) is 14.1. The lowest BCUT2D eigenvalue weighted by Gasteiger charge is -2.18. The van der Waals surface area contributed by atoms with Crippen molar-refractivity contribution in [3.63, 3.8) is 0 Å². The van der Waals surface area contributed by atoms with Crippen LogP contribution in [0, 0.1) is 0 Å². The number of nitrogens with zero attached hydrogens (tertiary/aromatic N) is 2. The van der Waals surface area contributed by atoms with Gasteiger partial charge in [-0.3, -0.25) is 4.57 Å². The van der Waals surface area contributed by atoms with Crippen LogP contribution >= 0.6 is 0 Å². The Morgan fingerprint density at radius 3 is 1.73 bits per heavy atom. The molecule has 0 amide bonds. The third-order valence-corrected chi connectivity index (χ3v) is 11.4. The van der Waals surface area contributed by atoms with Crippen molar-refractivity contribution in [1.82, 2.24) is 4.57 Å². The van der Waals surface area contributed by atoms with Crippen molar-refractivity contribution in [2.45, 2.75) is 19.8 Å². The molecular weight excluding hydrogens is 629 g/mol. The molecule has 1 aliphatic heterocycles. The average molecular weight is 663 g/mol. The summed E-state index contributed by atoms with van der Waals surface area (Å²) in [5.74, 6) is 0.984. The molecule has 2 nitrogen and oxygen atoms in total. The van der Waals surface area contributed by atoms with Crippen molar-refractivity contribution in [2.24, 2.45) is 4.99 Å². The van der Waals surface area contributed by atoms with Gasteiger partial charge >= 0.3 is 0 Å². The minimum atomic E-state index is 0.855. The molecule has 1 aromatic heterocycles. The Kier molecular flexibility index (Phi) is 6.33. The molecule has 0 atom stereocenters. The van der Waals surface area contributed by atoms with Crippen LogP contribution < -0.4 is 0 Å². The zero-order valence-corrected chi connectivity index (χ0v) is 28.9. The Morgan fingerprint density at radius 1 is 0.462 bits per heavy atom. The molecule has 0 bridgehead atoms. The molecule has 0 saturated heterocycles. The summed E-state index contributed by atoms with van der Waals surface area (Å²) in [5.41, 5.74) is 8.50. The first-order chi connectivity index (χ1) is 25.8. The van der Waals surface area contributed by atoms with E-state index in [9.17, 15) is 0 Å². The van der Waals surface area contributed by atoms with Gasteiger partial charge in [0.25, 0.3) is 0 Å². The number of benzene rings is 9. The van der Waals surface area contributed by atoms with Crippen LogP contribution in [0.25, 0.3) is 81.2 Å². The molecule has 0 radical (unpaired) electrons. The van der Waals surface area contributed by atoms with Crippen molar-refractivity contribution in [2.75, 3.05) is 0 Å². The van der Waals surface area contributed by atoms with Gasteiger partial charge in [-0.1, -0.05) is 164 Å². The monoisotopic (exact) mass is 662 g/mol. The van der Waals surface area contributed by atoms with Crippen LogP contribution in [-0.2, 0) is 6.42 Å². The maximum atomic E-state index is 5.86. The van der Waals surface area contributed by atoms with Crippen LogP contribution in [0.15, 0.2) is 174 Å². The minimum absolute atomic E-state index is 0.855. The molecule has 0 spiro atoms. The number of allylic oxidation sites excluding steroid dienone is 2. The van der Waals surface area contributed by atoms with Crippen LogP contribution in [0.1, 0.15) is 24.5 Å². The molecule has 0 N–H and O–H groups in total. The van der Waals surface area contributed by atoms with E-state index in [1.807, 2.05) is 0 Å². The summed E-state index contributed by atoms with van der Waals surface area (Å²) in [6.07, 6.45) is 1.78. The largest absolute Gasteiger partial charge is 0.293 e. The Balaban J connectivity index is 1.40. The molecule has 52 heavy (non-hydrogen) atoms. The first kappa shape index (κ1) is 29.2. The SMILES string of the molecule is CCC1=C(c2ccccc2)C(n2c3ccc4ccccc4c3c3c4c5ccccc5c5ccccc5c4ccc32)=Nc2c(ccc3ccccc23)C1. The number of aromatic nitrogens is 1. The summed E-state index contributed by atoms with van der Waals surface area (Å²) >= 11 is 0. The van der Waals surface area contributed by atoms with Gasteiger partial charge in [0.15, 0.2) is 0 Å². The lowest BCUT2D eigenvalue weighted by molar-refractivity contribution is 1.02. The van der Waals surface area contributed by atoms with Gasteiger partial charge in [0.1, 0.15) is 5.84 Å². The molecule has 0 saturated carbocycles. The van der Waals surface area contributed by atoms with E-state index in [4.69, 9.17) is 4.99 Å². The Labute approximate surface area is 301 Å². The molecule has 10 aromatic rings. The zero-order chi connectivity index (χ0) is 34.3. The predicted molar refractivity (Wildman–Crippen MR) is 223 cm³/mol. The fourth-order valence-electron chi connectivity index (χ4n) is 9.11. The topological polar surface area (TPSA) is 17.3 Å². The van der Waals surface area contributed by atoms with Gasteiger partial charge in [0, 0.05) is 27.1 Å². The fraction of sp³-hybridized carbons (Fsp3) is 0.0600. The molecular formula is C50H34N2. The first-order valence-corrected chi connectivity index (χ1v) is 18.3. The number of hydrogen-bond acceptors (Lipinski definition) is 1. The second-order valence-electron chi connectivity index (χ2n) is 14.1. The highest BCUT2D eigenvalue weighted by molar-refractivity contribution is 6.40. The molecule has 2 heterocycles. The van der Waals surface area contributed by atoms with Crippen molar-refractivity contribution < 1.29 is 0 Å².